The standard InChI is InChI=1S/C14H18N6O/c1-9-5-6-11-10(8-9)4-3-7-20(11)13-16-12(19-15)17-14(18-13)21-2/h5-6,8H,3-4,7,15H2,1-2H3,(H,16,17,18,19). The van der Waals surface area contributed by atoms with Crippen molar-refractivity contribution in [2.45, 2.75) is 19.8 Å². The highest BCUT2D eigenvalue weighted by Gasteiger charge is 2.21. The van der Waals surface area contributed by atoms with E-state index in [0.29, 0.717) is 5.95 Å². The van der Waals surface area contributed by atoms with Crippen LogP contribution >= 0.6 is 0 Å². The predicted octanol–water partition coefficient (Wildman–Crippen LogP) is 1.56. The number of fused-ring (bicyclic) bond motifs is 1. The predicted molar refractivity (Wildman–Crippen MR) is 80.7 cm³/mol. The molecule has 7 heteroatoms. The number of ether oxygens (including phenoxy) is 1. The fourth-order valence-corrected chi connectivity index (χ4v) is 2.56. The molecule has 0 fully saturated rings. The summed E-state index contributed by atoms with van der Waals surface area (Å²) in [6.45, 7) is 2.95. The molecule has 3 N–H and O–H groups in total. The quantitative estimate of drug-likeness (QED) is 0.653. The number of nitrogens with zero attached hydrogens (tertiary/aromatic N) is 4. The molecule has 0 spiro atoms. The van der Waals surface area contributed by atoms with Crippen LogP contribution in [0.4, 0.5) is 17.6 Å². The zero-order valence-corrected chi connectivity index (χ0v) is 12.1. The van der Waals surface area contributed by atoms with E-state index in [0.717, 1.165) is 25.1 Å². The van der Waals surface area contributed by atoms with Crippen molar-refractivity contribution in [3.8, 4) is 6.01 Å². The lowest BCUT2D eigenvalue weighted by molar-refractivity contribution is 0.379. The minimum atomic E-state index is 0.243. The van der Waals surface area contributed by atoms with Gasteiger partial charge in [0, 0.05) is 12.2 Å². The third-order valence-corrected chi connectivity index (χ3v) is 3.51. The fourth-order valence-electron chi connectivity index (χ4n) is 2.56. The van der Waals surface area contributed by atoms with E-state index in [4.69, 9.17) is 10.6 Å². The van der Waals surface area contributed by atoms with Crippen LogP contribution in [0, 0.1) is 6.92 Å². The summed E-state index contributed by atoms with van der Waals surface area (Å²) in [5, 5.41) is 0. The number of hydrazine groups is 1. The van der Waals surface area contributed by atoms with Gasteiger partial charge in [-0.25, -0.2) is 5.84 Å². The van der Waals surface area contributed by atoms with Gasteiger partial charge in [-0.3, -0.25) is 5.43 Å². The lowest BCUT2D eigenvalue weighted by Gasteiger charge is -2.29. The molecule has 0 bridgehead atoms. The molecule has 1 aliphatic heterocycles. The van der Waals surface area contributed by atoms with Crippen LogP contribution in [0.2, 0.25) is 0 Å². The molecule has 0 aliphatic carbocycles. The second-order valence-electron chi connectivity index (χ2n) is 4.98. The van der Waals surface area contributed by atoms with Crippen molar-refractivity contribution in [3.63, 3.8) is 0 Å². The highest BCUT2D eigenvalue weighted by atomic mass is 16.5. The number of aryl methyl sites for hydroxylation is 2. The van der Waals surface area contributed by atoms with Crippen molar-refractivity contribution in [2.75, 3.05) is 24.0 Å². The van der Waals surface area contributed by atoms with Crippen LogP contribution in [0.25, 0.3) is 0 Å². The van der Waals surface area contributed by atoms with Gasteiger partial charge in [-0.1, -0.05) is 17.7 Å². The van der Waals surface area contributed by atoms with E-state index >= 15 is 0 Å². The van der Waals surface area contributed by atoms with Crippen molar-refractivity contribution < 1.29 is 4.74 Å². The minimum Gasteiger partial charge on any atom is -0.467 e. The lowest BCUT2D eigenvalue weighted by Crippen LogP contribution is -2.27. The zero-order chi connectivity index (χ0) is 14.8. The van der Waals surface area contributed by atoms with E-state index < -0.39 is 0 Å². The first-order chi connectivity index (χ1) is 10.2. The number of hydrogen-bond acceptors (Lipinski definition) is 7. The van der Waals surface area contributed by atoms with Crippen LogP contribution in [-0.4, -0.2) is 28.6 Å². The Hall–Kier alpha value is -2.41. The molecule has 7 nitrogen and oxygen atoms in total. The van der Waals surface area contributed by atoms with E-state index in [2.05, 4.69) is 50.4 Å². The lowest BCUT2D eigenvalue weighted by atomic mass is 10.00. The number of nitrogens with one attached hydrogen (secondary N) is 1. The molecule has 1 aliphatic rings. The Bertz CT molecular complexity index is 638. The van der Waals surface area contributed by atoms with Gasteiger partial charge in [0.05, 0.1) is 7.11 Å². The van der Waals surface area contributed by atoms with Crippen LogP contribution in [0.3, 0.4) is 0 Å². The molecule has 0 unspecified atom stereocenters. The summed E-state index contributed by atoms with van der Waals surface area (Å²) < 4.78 is 5.11. The number of nitrogens with two attached hydrogens (primary N) is 1. The van der Waals surface area contributed by atoms with Gasteiger partial charge in [-0.2, -0.15) is 15.0 Å². The smallest absolute Gasteiger partial charge is 0.322 e. The Labute approximate surface area is 123 Å². The maximum absolute atomic E-state index is 5.41. The molecule has 0 saturated heterocycles. The molecule has 110 valence electrons. The fraction of sp³-hybridized carbons (Fsp3) is 0.357. The second kappa shape index (κ2) is 5.53. The minimum absolute atomic E-state index is 0.243. The highest BCUT2D eigenvalue weighted by molar-refractivity contribution is 5.64. The zero-order valence-electron chi connectivity index (χ0n) is 12.1. The average molecular weight is 286 g/mol. The highest BCUT2D eigenvalue weighted by Crippen LogP contribution is 2.32. The number of rotatable bonds is 3. The Morgan fingerprint density at radius 1 is 1.29 bits per heavy atom. The molecule has 2 aromatic rings. The van der Waals surface area contributed by atoms with Gasteiger partial charge in [0.25, 0.3) is 0 Å². The van der Waals surface area contributed by atoms with Crippen LogP contribution in [0.5, 0.6) is 6.01 Å². The number of hydrogen-bond donors (Lipinski definition) is 2. The van der Waals surface area contributed by atoms with Crippen LogP contribution in [0.15, 0.2) is 18.2 Å². The topological polar surface area (TPSA) is 89.2 Å². The van der Waals surface area contributed by atoms with Gasteiger partial charge in [0.1, 0.15) is 0 Å². The first kappa shape index (κ1) is 13.6. The van der Waals surface area contributed by atoms with Crippen LogP contribution < -0.4 is 20.9 Å². The van der Waals surface area contributed by atoms with E-state index in [1.165, 1.54) is 18.2 Å². The van der Waals surface area contributed by atoms with Crippen LogP contribution in [0.1, 0.15) is 17.5 Å². The number of methoxy groups -OCH3 is 1. The summed E-state index contributed by atoms with van der Waals surface area (Å²) in [6.07, 6.45) is 2.12. The maximum Gasteiger partial charge on any atom is 0.322 e. The third kappa shape index (κ3) is 2.59. The van der Waals surface area contributed by atoms with Crippen molar-refractivity contribution in [2.24, 2.45) is 5.84 Å². The van der Waals surface area contributed by atoms with Gasteiger partial charge in [0.2, 0.25) is 11.9 Å². The molecule has 1 aromatic carbocycles. The van der Waals surface area contributed by atoms with E-state index in [-0.39, 0.29) is 12.0 Å². The number of anilines is 3. The average Bonchev–Trinajstić information content (AvgIpc) is 2.53. The Morgan fingerprint density at radius 2 is 2.14 bits per heavy atom. The van der Waals surface area contributed by atoms with Gasteiger partial charge in [-0.15, -0.1) is 0 Å². The maximum atomic E-state index is 5.41. The number of nitrogen functional groups attached to an aromatic ring is 1. The summed E-state index contributed by atoms with van der Waals surface area (Å²) >= 11 is 0. The van der Waals surface area contributed by atoms with E-state index in [1.807, 2.05) is 0 Å². The molecular formula is C14H18N6O. The Kier molecular flexibility index (Phi) is 3.57. The van der Waals surface area contributed by atoms with Crippen molar-refractivity contribution in [3.05, 3.63) is 29.3 Å². The molecule has 2 heterocycles. The van der Waals surface area contributed by atoms with E-state index in [9.17, 15) is 0 Å². The van der Waals surface area contributed by atoms with Gasteiger partial charge >= 0.3 is 6.01 Å². The summed E-state index contributed by atoms with van der Waals surface area (Å²) in [5.74, 6) is 6.24. The molecule has 0 saturated carbocycles. The molecule has 21 heavy (non-hydrogen) atoms. The van der Waals surface area contributed by atoms with Crippen LogP contribution in [-0.2, 0) is 6.42 Å². The summed E-state index contributed by atoms with van der Waals surface area (Å²) in [6, 6.07) is 6.65. The summed E-state index contributed by atoms with van der Waals surface area (Å²) in [4.78, 5) is 14.8. The summed E-state index contributed by atoms with van der Waals surface area (Å²) in [5.41, 5.74) is 6.14. The Balaban J connectivity index is 2.06. The summed E-state index contributed by atoms with van der Waals surface area (Å²) in [7, 11) is 1.52. The first-order valence-electron chi connectivity index (χ1n) is 6.85. The first-order valence-corrected chi connectivity index (χ1v) is 6.85. The normalized spacial score (nSPS) is 13.8. The van der Waals surface area contributed by atoms with E-state index in [1.54, 1.807) is 0 Å². The van der Waals surface area contributed by atoms with Gasteiger partial charge < -0.3 is 9.64 Å². The van der Waals surface area contributed by atoms with Crippen molar-refractivity contribution >= 4 is 17.6 Å². The number of aromatic nitrogens is 3. The van der Waals surface area contributed by atoms with Crippen molar-refractivity contribution in [1.29, 1.82) is 0 Å². The second-order valence-corrected chi connectivity index (χ2v) is 4.98. The third-order valence-electron chi connectivity index (χ3n) is 3.51. The Morgan fingerprint density at radius 3 is 2.90 bits per heavy atom. The van der Waals surface area contributed by atoms with Crippen molar-refractivity contribution in [1.82, 2.24) is 15.0 Å². The SMILES string of the molecule is COc1nc(NN)nc(N2CCCc3cc(C)ccc32)n1. The molecule has 0 amide bonds. The molecule has 0 atom stereocenters. The van der Waals surface area contributed by atoms with Gasteiger partial charge in [0.15, 0.2) is 0 Å². The molecule has 3 rings (SSSR count). The molecule has 0 radical (unpaired) electrons. The van der Waals surface area contributed by atoms with Gasteiger partial charge in [-0.05, 0) is 31.4 Å². The monoisotopic (exact) mass is 286 g/mol. The number of benzene rings is 1. The largest absolute Gasteiger partial charge is 0.467 e. The molecular weight excluding hydrogens is 268 g/mol. The molecule has 1 aromatic heterocycles.